The van der Waals surface area contributed by atoms with Gasteiger partial charge in [-0.05, 0) is 49.7 Å². The number of amides is 1. The summed E-state index contributed by atoms with van der Waals surface area (Å²) >= 11 is 0. The van der Waals surface area contributed by atoms with Crippen molar-refractivity contribution >= 4 is 17.6 Å². The number of rotatable bonds is 4. The van der Waals surface area contributed by atoms with E-state index < -0.39 is 11.6 Å². The molecule has 0 bridgehead atoms. The van der Waals surface area contributed by atoms with Crippen LogP contribution in [0.3, 0.4) is 0 Å². The van der Waals surface area contributed by atoms with Crippen molar-refractivity contribution in [2.45, 2.75) is 26.0 Å². The van der Waals surface area contributed by atoms with Crippen LogP contribution in [-0.4, -0.2) is 31.7 Å². The Bertz CT molecular complexity index is 842. The number of anilines is 1. The first kappa shape index (κ1) is 17.8. The predicted octanol–water partition coefficient (Wildman–Crippen LogP) is 3.19. The number of carbonyl (C=O) groups excluding carboxylic acids is 2. The Labute approximate surface area is 152 Å². The van der Waals surface area contributed by atoms with Crippen LogP contribution in [0.25, 0.3) is 0 Å². The summed E-state index contributed by atoms with van der Waals surface area (Å²) in [5.41, 5.74) is 0.855. The van der Waals surface area contributed by atoms with Gasteiger partial charge < -0.3 is 19.1 Å². The zero-order valence-corrected chi connectivity index (χ0v) is 15.2. The van der Waals surface area contributed by atoms with Crippen molar-refractivity contribution in [2.24, 2.45) is 0 Å². The standard InChI is InChI=1S/C20H21NO5/c1-20(2)19(23)21(12-13-5-8-15(24-3)9-6-13)16-11-14(18(22)25-4)7-10-17(16)26-20/h5-11H,12H2,1-4H3. The third-order valence-corrected chi connectivity index (χ3v) is 4.30. The molecular weight excluding hydrogens is 334 g/mol. The van der Waals surface area contributed by atoms with E-state index in [0.29, 0.717) is 23.5 Å². The lowest BCUT2D eigenvalue weighted by Gasteiger charge is -2.39. The minimum atomic E-state index is -0.994. The Morgan fingerprint density at radius 2 is 1.81 bits per heavy atom. The summed E-state index contributed by atoms with van der Waals surface area (Å²) in [5.74, 6) is 0.656. The number of ether oxygens (including phenoxy) is 3. The second kappa shape index (κ2) is 6.71. The number of fused-ring (bicyclic) bond motifs is 1. The van der Waals surface area contributed by atoms with Gasteiger partial charge in [0.2, 0.25) is 0 Å². The molecule has 2 aromatic rings. The summed E-state index contributed by atoms with van der Waals surface area (Å²) in [4.78, 5) is 26.4. The molecule has 0 radical (unpaired) electrons. The Balaban J connectivity index is 2.01. The van der Waals surface area contributed by atoms with Crippen molar-refractivity contribution in [3.63, 3.8) is 0 Å². The minimum absolute atomic E-state index is 0.178. The average molecular weight is 355 g/mol. The van der Waals surface area contributed by atoms with E-state index in [1.165, 1.54) is 7.11 Å². The Kier molecular flexibility index (Phi) is 4.59. The van der Waals surface area contributed by atoms with Crippen LogP contribution in [0.4, 0.5) is 5.69 Å². The lowest BCUT2D eigenvalue weighted by atomic mass is 10.0. The fraction of sp³-hybridized carbons (Fsp3) is 0.300. The van der Waals surface area contributed by atoms with Crippen LogP contribution in [0.15, 0.2) is 42.5 Å². The second-order valence-corrected chi connectivity index (χ2v) is 6.53. The summed E-state index contributed by atoms with van der Waals surface area (Å²) in [6, 6.07) is 12.4. The van der Waals surface area contributed by atoms with Crippen LogP contribution in [0.1, 0.15) is 29.8 Å². The molecular formula is C20H21NO5. The maximum absolute atomic E-state index is 12.9. The molecule has 3 rings (SSSR count). The van der Waals surface area contributed by atoms with E-state index >= 15 is 0 Å². The zero-order valence-electron chi connectivity index (χ0n) is 15.2. The normalized spacial score (nSPS) is 15.1. The summed E-state index contributed by atoms with van der Waals surface area (Å²) in [6.45, 7) is 3.81. The Morgan fingerprint density at radius 3 is 2.42 bits per heavy atom. The fourth-order valence-corrected chi connectivity index (χ4v) is 2.88. The van der Waals surface area contributed by atoms with Gasteiger partial charge in [-0.25, -0.2) is 4.79 Å². The zero-order chi connectivity index (χ0) is 18.9. The maximum Gasteiger partial charge on any atom is 0.337 e. The topological polar surface area (TPSA) is 65.1 Å². The number of hydrogen-bond acceptors (Lipinski definition) is 5. The van der Waals surface area contributed by atoms with E-state index in [-0.39, 0.29) is 5.91 Å². The molecule has 0 fully saturated rings. The van der Waals surface area contributed by atoms with Gasteiger partial charge in [-0.15, -0.1) is 0 Å². The van der Waals surface area contributed by atoms with Crippen molar-refractivity contribution in [1.29, 1.82) is 0 Å². The largest absolute Gasteiger partial charge is 0.497 e. The van der Waals surface area contributed by atoms with Crippen LogP contribution in [0.2, 0.25) is 0 Å². The summed E-state index contributed by atoms with van der Waals surface area (Å²) in [5, 5.41) is 0. The minimum Gasteiger partial charge on any atom is -0.497 e. The van der Waals surface area contributed by atoms with Crippen LogP contribution in [0, 0.1) is 0 Å². The van der Waals surface area contributed by atoms with Gasteiger partial charge in [0.05, 0.1) is 32.0 Å². The molecule has 0 saturated heterocycles. The molecule has 1 aliphatic heterocycles. The Morgan fingerprint density at radius 1 is 1.12 bits per heavy atom. The van der Waals surface area contributed by atoms with Gasteiger partial charge in [0, 0.05) is 0 Å². The van der Waals surface area contributed by atoms with Crippen molar-refractivity contribution in [3.8, 4) is 11.5 Å². The molecule has 0 saturated carbocycles. The second-order valence-electron chi connectivity index (χ2n) is 6.53. The molecule has 6 nitrogen and oxygen atoms in total. The number of hydrogen-bond donors (Lipinski definition) is 0. The van der Waals surface area contributed by atoms with Crippen molar-refractivity contribution in [2.75, 3.05) is 19.1 Å². The number of esters is 1. The van der Waals surface area contributed by atoms with Gasteiger partial charge in [0.25, 0.3) is 5.91 Å². The number of carbonyl (C=O) groups is 2. The van der Waals surface area contributed by atoms with Crippen LogP contribution < -0.4 is 14.4 Å². The van der Waals surface area contributed by atoms with Gasteiger partial charge in [0.1, 0.15) is 11.5 Å². The first-order valence-corrected chi connectivity index (χ1v) is 8.22. The van der Waals surface area contributed by atoms with Gasteiger partial charge in [-0.3, -0.25) is 4.79 Å². The number of methoxy groups -OCH3 is 2. The van der Waals surface area contributed by atoms with Gasteiger partial charge in [-0.1, -0.05) is 12.1 Å². The molecule has 0 atom stereocenters. The van der Waals surface area contributed by atoms with Crippen molar-refractivity contribution in [1.82, 2.24) is 0 Å². The highest BCUT2D eigenvalue weighted by Crippen LogP contribution is 2.39. The van der Waals surface area contributed by atoms with Crippen molar-refractivity contribution < 1.29 is 23.8 Å². The molecule has 0 N–H and O–H groups in total. The molecule has 6 heteroatoms. The summed E-state index contributed by atoms with van der Waals surface area (Å²) < 4.78 is 15.8. The molecule has 1 heterocycles. The molecule has 1 aliphatic rings. The van der Waals surface area contributed by atoms with Crippen LogP contribution in [0.5, 0.6) is 11.5 Å². The molecule has 2 aromatic carbocycles. The quantitative estimate of drug-likeness (QED) is 0.788. The molecule has 136 valence electrons. The van der Waals surface area contributed by atoms with Gasteiger partial charge >= 0.3 is 5.97 Å². The number of benzene rings is 2. The lowest BCUT2D eigenvalue weighted by Crippen LogP contribution is -2.52. The highest BCUT2D eigenvalue weighted by atomic mass is 16.5. The van der Waals surface area contributed by atoms with E-state index in [1.807, 2.05) is 24.3 Å². The Hall–Kier alpha value is -3.02. The SMILES string of the molecule is COC(=O)c1ccc2c(c1)N(Cc1ccc(OC)cc1)C(=O)C(C)(C)O2. The van der Waals surface area contributed by atoms with Crippen molar-refractivity contribution in [3.05, 3.63) is 53.6 Å². The smallest absolute Gasteiger partial charge is 0.337 e. The number of nitrogens with zero attached hydrogens (tertiary/aromatic N) is 1. The third-order valence-electron chi connectivity index (χ3n) is 4.30. The fourth-order valence-electron chi connectivity index (χ4n) is 2.88. The third kappa shape index (κ3) is 3.22. The lowest BCUT2D eigenvalue weighted by molar-refractivity contribution is -0.132. The molecule has 26 heavy (non-hydrogen) atoms. The first-order chi connectivity index (χ1) is 12.4. The van der Waals surface area contributed by atoms with E-state index in [0.717, 1.165) is 11.3 Å². The van der Waals surface area contributed by atoms with Crippen LogP contribution >= 0.6 is 0 Å². The van der Waals surface area contributed by atoms with Gasteiger partial charge in [-0.2, -0.15) is 0 Å². The van der Waals surface area contributed by atoms with E-state index in [1.54, 1.807) is 44.1 Å². The van der Waals surface area contributed by atoms with Crippen LogP contribution in [-0.2, 0) is 16.1 Å². The molecule has 0 aromatic heterocycles. The molecule has 0 unspecified atom stereocenters. The average Bonchev–Trinajstić information content (AvgIpc) is 2.64. The summed E-state index contributed by atoms with van der Waals surface area (Å²) in [7, 11) is 2.93. The molecule has 0 aliphatic carbocycles. The molecule has 1 amide bonds. The van der Waals surface area contributed by atoms with E-state index in [4.69, 9.17) is 14.2 Å². The van der Waals surface area contributed by atoms with E-state index in [9.17, 15) is 9.59 Å². The maximum atomic E-state index is 12.9. The first-order valence-electron chi connectivity index (χ1n) is 8.22. The highest BCUT2D eigenvalue weighted by molar-refractivity contribution is 6.03. The monoisotopic (exact) mass is 355 g/mol. The molecule has 0 spiro atoms. The van der Waals surface area contributed by atoms with Gasteiger partial charge in [0.15, 0.2) is 5.60 Å². The predicted molar refractivity (Wildman–Crippen MR) is 96.7 cm³/mol. The summed E-state index contributed by atoms with van der Waals surface area (Å²) in [6.07, 6.45) is 0. The highest BCUT2D eigenvalue weighted by Gasteiger charge is 2.41. The van der Waals surface area contributed by atoms with E-state index in [2.05, 4.69) is 0 Å².